The van der Waals surface area contributed by atoms with Crippen molar-refractivity contribution in [2.45, 2.75) is 25.4 Å². The van der Waals surface area contributed by atoms with Crippen LogP contribution in [0.3, 0.4) is 0 Å². The summed E-state index contributed by atoms with van der Waals surface area (Å²) in [6.07, 6.45) is -0.244. The van der Waals surface area contributed by atoms with Crippen LogP contribution in [0.5, 0.6) is 0 Å². The second-order valence-electron chi connectivity index (χ2n) is 4.58. The molecule has 0 saturated carbocycles. The normalized spacial score (nSPS) is 14.2. The predicted octanol–water partition coefficient (Wildman–Crippen LogP) is 4.05. The molecule has 0 aliphatic rings. The summed E-state index contributed by atoms with van der Waals surface area (Å²) in [7, 11) is 0. The first-order chi connectivity index (χ1) is 8.68. The largest absolute Gasteiger partial charge is 0.388 e. The second kappa shape index (κ2) is 5.78. The van der Waals surface area contributed by atoms with E-state index in [2.05, 4.69) is 0 Å². The summed E-state index contributed by atoms with van der Waals surface area (Å²) >= 11 is 0. The molecule has 0 aromatic heterocycles. The summed E-state index contributed by atoms with van der Waals surface area (Å²) < 4.78 is 13.5. The number of aliphatic hydroxyl groups excluding tert-OH is 1. The number of aliphatic hydroxyl groups is 1. The lowest BCUT2D eigenvalue weighted by Crippen LogP contribution is -2.05. The number of hydrogen-bond acceptors (Lipinski definition) is 1. The highest BCUT2D eigenvalue weighted by Gasteiger charge is 2.16. The van der Waals surface area contributed by atoms with E-state index < -0.39 is 6.10 Å². The van der Waals surface area contributed by atoms with Crippen LogP contribution in [0, 0.1) is 5.82 Å². The van der Waals surface area contributed by atoms with Gasteiger partial charge in [0.05, 0.1) is 6.10 Å². The molecule has 2 heteroatoms. The van der Waals surface area contributed by atoms with Gasteiger partial charge in [-0.2, -0.15) is 0 Å². The lowest BCUT2D eigenvalue weighted by Gasteiger charge is -2.17. The quantitative estimate of drug-likeness (QED) is 0.860. The van der Waals surface area contributed by atoms with Crippen molar-refractivity contribution in [2.75, 3.05) is 0 Å². The van der Waals surface area contributed by atoms with E-state index in [0.29, 0.717) is 12.0 Å². The molecule has 0 spiro atoms. The van der Waals surface area contributed by atoms with Gasteiger partial charge in [-0.25, -0.2) is 4.39 Å². The minimum Gasteiger partial charge on any atom is -0.388 e. The Kier molecular flexibility index (Phi) is 4.11. The molecule has 18 heavy (non-hydrogen) atoms. The van der Waals surface area contributed by atoms with Crippen molar-refractivity contribution in [1.29, 1.82) is 0 Å². The standard InChI is InChI=1S/C16H17FO/c1-12(13-7-3-2-4-8-13)11-16(18)14-9-5-6-10-15(14)17/h2-10,12,16,18H,11H2,1H3. The van der Waals surface area contributed by atoms with Crippen LogP contribution in [0.1, 0.15) is 36.5 Å². The van der Waals surface area contributed by atoms with E-state index in [1.54, 1.807) is 18.2 Å². The summed E-state index contributed by atoms with van der Waals surface area (Å²) in [6.45, 7) is 2.04. The van der Waals surface area contributed by atoms with E-state index in [-0.39, 0.29) is 11.7 Å². The summed E-state index contributed by atoms with van der Waals surface area (Å²) in [5, 5.41) is 10.1. The third-order valence-electron chi connectivity index (χ3n) is 3.21. The van der Waals surface area contributed by atoms with Gasteiger partial charge in [0.2, 0.25) is 0 Å². The Morgan fingerprint density at radius 3 is 2.28 bits per heavy atom. The minimum atomic E-state index is -0.763. The van der Waals surface area contributed by atoms with Crippen LogP contribution < -0.4 is 0 Å². The van der Waals surface area contributed by atoms with Crippen LogP contribution in [0.4, 0.5) is 4.39 Å². The molecule has 2 atom stereocenters. The molecule has 2 rings (SSSR count). The van der Waals surface area contributed by atoms with Gasteiger partial charge in [-0.15, -0.1) is 0 Å². The second-order valence-corrected chi connectivity index (χ2v) is 4.58. The van der Waals surface area contributed by atoms with Gasteiger partial charge < -0.3 is 5.11 Å². The molecule has 0 aliphatic heterocycles. The van der Waals surface area contributed by atoms with E-state index in [4.69, 9.17) is 0 Å². The number of benzene rings is 2. The Hall–Kier alpha value is -1.67. The minimum absolute atomic E-state index is 0.195. The molecular weight excluding hydrogens is 227 g/mol. The van der Waals surface area contributed by atoms with Crippen molar-refractivity contribution in [3.8, 4) is 0 Å². The molecule has 94 valence electrons. The van der Waals surface area contributed by atoms with Gasteiger partial charge in [-0.05, 0) is 24.0 Å². The van der Waals surface area contributed by atoms with Crippen molar-refractivity contribution in [3.05, 3.63) is 71.5 Å². The Balaban J connectivity index is 2.08. The van der Waals surface area contributed by atoms with Crippen LogP contribution in [0.15, 0.2) is 54.6 Å². The van der Waals surface area contributed by atoms with Crippen LogP contribution >= 0.6 is 0 Å². The smallest absolute Gasteiger partial charge is 0.128 e. The van der Waals surface area contributed by atoms with Crippen LogP contribution in [0.25, 0.3) is 0 Å². The number of halogens is 1. The van der Waals surface area contributed by atoms with Gasteiger partial charge in [0, 0.05) is 5.56 Å². The van der Waals surface area contributed by atoms with E-state index in [0.717, 1.165) is 5.56 Å². The van der Waals surface area contributed by atoms with Gasteiger partial charge in [0.15, 0.2) is 0 Å². The zero-order chi connectivity index (χ0) is 13.0. The van der Waals surface area contributed by atoms with Crippen LogP contribution in [-0.4, -0.2) is 5.11 Å². The highest BCUT2D eigenvalue weighted by molar-refractivity contribution is 5.22. The Labute approximate surface area is 107 Å². The molecule has 0 aliphatic carbocycles. The zero-order valence-corrected chi connectivity index (χ0v) is 10.4. The van der Waals surface area contributed by atoms with Crippen molar-refractivity contribution in [1.82, 2.24) is 0 Å². The molecule has 0 saturated heterocycles. The lowest BCUT2D eigenvalue weighted by atomic mass is 9.92. The predicted molar refractivity (Wildman–Crippen MR) is 70.8 cm³/mol. The third-order valence-corrected chi connectivity index (χ3v) is 3.21. The summed E-state index contributed by atoms with van der Waals surface area (Å²) in [5.41, 5.74) is 1.54. The highest BCUT2D eigenvalue weighted by atomic mass is 19.1. The first-order valence-electron chi connectivity index (χ1n) is 6.16. The maximum atomic E-state index is 13.5. The topological polar surface area (TPSA) is 20.2 Å². The monoisotopic (exact) mass is 244 g/mol. The molecule has 2 unspecified atom stereocenters. The number of hydrogen-bond donors (Lipinski definition) is 1. The molecule has 2 aromatic carbocycles. The Morgan fingerprint density at radius 2 is 1.61 bits per heavy atom. The molecular formula is C16H17FO. The van der Waals surface area contributed by atoms with Gasteiger partial charge in [0.25, 0.3) is 0 Å². The fraction of sp³-hybridized carbons (Fsp3) is 0.250. The SMILES string of the molecule is CC(CC(O)c1ccccc1F)c1ccccc1. The molecule has 0 amide bonds. The van der Waals surface area contributed by atoms with E-state index >= 15 is 0 Å². The highest BCUT2D eigenvalue weighted by Crippen LogP contribution is 2.28. The molecule has 0 bridgehead atoms. The van der Waals surface area contributed by atoms with Gasteiger partial charge in [0.1, 0.15) is 5.82 Å². The van der Waals surface area contributed by atoms with E-state index in [9.17, 15) is 9.50 Å². The fourth-order valence-electron chi connectivity index (χ4n) is 2.12. The fourth-order valence-corrected chi connectivity index (χ4v) is 2.12. The average molecular weight is 244 g/mol. The third kappa shape index (κ3) is 2.96. The molecule has 0 heterocycles. The van der Waals surface area contributed by atoms with Gasteiger partial charge >= 0.3 is 0 Å². The molecule has 0 radical (unpaired) electrons. The van der Waals surface area contributed by atoms with Crippen molar-refractivity contribution >= 4 is 0 Å². The van der Waals surface area contributed by atoms with Crippen molar-refractivity contribution in [2.24, 2.45) is 0 Å². The van der Waals surface area contributed by atoms with Crippen LogP contribution in [-0.2, 0) is 0 Å². The molecule has 1 nitrogen and oxygen atoms in total. The molecule has 1 N–H and O–H groups in total. The van der Waals surface area contributed by atoms with Crippen LogP contribution in [0.2, 0.25) is 0 Å². The summed E-state index contributed by atoms with van der Waals surface area (Å²) in [5.74, 6) is -0.147. The zero-order valence-electron chi connectivity index (χ0n) is 10.4. The first kappa shape index (κ1) is 12.8. The van der Waals surface area contributed by atoms with E-state index in [1.807, 2.05) is 37.3 Å². The number of rotatable bonds is 4. The maximum absolute atomic E-state index is 13.5. The van der Waals surface area contributed by atoms with Crippen molar-refractivity contribution < 1.29 is 9.50 Å². The first-order valence-corrected chi connectivity index (χ1v) is 6.16. The lowest BCUT2D eigenvalue weighted by molar-refractivity contribution is 0.155. The summed E-state index contributed by atoms with van der Waals surface area (Å²) in [6, 6.07) is 16.4. The Bertz CT molecular complexity index is 495. The van der Waals surface area contributed by atoms with Crippen molar-refractivity contribution in [3.63, 3.8) is 0 Å². The average Bonchev–Trinajstić information content (AvgIpc) is 2.40. The Morgan fingerprint density at radius 1 is 1.00 bits per heavy atom. The molecule has 0 fully saturated rings. The van der Waals surface area contributed by atoms with E-state index in [1.165, 1.54) is 6.07 Å². The maximum Gasteiger partial charge on any atom is 0.128 e. The molecule has 2 aromatic rings. The summed E-state index contributed by atoms with van der Waals surface area (Å²) in [4.78, 5) is 0. The van der Waals surface area contributed by atoms with Gasteiger partial charge in [-0.1, -0.05) is 55.5 Å². The van der Waals surface area contributed by atoms with Gasteiger partial charge in [-0.3, -0.25) is 0 Å².